The van der Waals surface area contributed by atoms with E-state index in [1.54, 1.807) is 0 Å². The molecular weight excluding hydrogens is 192 g/mol. The van der Waals surface area contributed by atoms with Crippen molar-refractivity contribution in [2.75, 3.05) is 0 Å². The van der Waals surface area contributed by atoms with Crippen molar-refractivity contribution in [2.45, 2.75) is 39.7 Å². The molecular formula is C11H20N2S. The monoisotopic (exact) mass is 212 g/mol. The lowest BCUT2D eigenvalue weighted by Crippen LogP contribution is -2.31. The van der Waals surface area contributed by atoms with Gasteiger partial charge in [-0.15, -0.1) is 11.3 Å². The Morgan fingerprint density at radius 1 is 1.50 bits per heavy atom. The Morgan fingerprint density at radius 2 is 2.21 bits per heavy atom. The molecule has 0 aliphatic rings. The second-order valence-electron chi connectivity index (χ2n) is 3.86. The zero-order valence-corrected chi connectivity index (χ0v) is 10.0. The molecule has 0 aliphatic heterocycles. The Hall–Kier alpha value is -0.380. The Morgan fingerprint density at radius 3 is 2.64 bits per heavy atom. The van der Waals surface area contributed by atoms with Crippen molar-refractivity contribution in [3.8, 4) is 0 Å². The molecule has 1 rings (SSSR count). The van der Waals surface area contributed by atoms with Gasteiger partial charge in [0.05, 0.1) is 6.04 Å². The highest BCUT2D eigenvalue weighted by Crippen LogP contribution is 2.29. The summed E-state index contributed by atoms with van der Waals surface area (Å²) in [5.74, 6) is 6.20. The van der Waals surface area contributed by atoms with Crippen molar-refractivity contribution in [3.05, 3.63) is 21.9 Å². The maximum atomic E-state index is 5.60. The van der Waals surface area contributed by atoms with Gasteiger partial charge in [0.25, 0.3) is 0 Å². The highest BCUT2D eigenvalue weighted by Gasteiger charge is 2.18. The van der Waals surface area contributed by atoms with Crippen LogP contribution >= 0.6 is 11.3 Å². The summed E-state index contributed by atoms with van der Waals surface area (Å²) >= 11 is 1.83. The molecule has 2 unspecified atom stereocenters. The molecule has 0 saturated heterocycles. The van der Waals surface area contributed by atoms with Crippen LogP contribution in [0.5, 0.6) is 0 Å². The molecule has 0 aromatic carbocycles. The first-order valence-electron chi connectivity index (χ1n) is 5.21. The van der Waals surface area contributed by atoms with E-state index < -0.39 is 0 Å². The molecule has 2 atom stereocenters. The quantitative estimate of drug-likeness (QED) is 0.581. The molecule has 3 N–H and O–H groups in total. The minimum atomic E-state index is 0.314. The number of nitrogens with one attached hydrogen (secondary N) is 1. The first-order chi connectivity index (χ1) is 6.69. The summed E-state index contributed by atoms with van der Waals surface area (Å²) in [5, 5.41) is 0. The average Bonchev–Trinajstić information content (AvgIpc) is 2.54. The van der Waals surface area contributed by atoms with E-state index in [1.165, 1.54) is 22.6 Å². The van der Waals surface area contributed by atoms with Crippen LogP contribution in [0.4, 0.5) is 0 Å². The van der Waals surface area contributed by atoms with Crippen LogP contribution in [0.3, 0.4) is 0 Å². The summed E-state index contributed by atoms with van der Waals surface area (Å²) in [6.07, 6.45) is 2.43. The van der Waals surface area contributed by atoms with Crippen LogP contribution in [0, 0.1) is 12.8 Å². The maximum Gasteiger partial charge on any atom is 0.0578 e. The number of hydrogen-bond donors (Lipinski definition) is 2. The van der Waals surface area contributed by atoms with Crippen LogP contribution in [-0.2, 0) is 0 Å². The lowest BCUT2D eigenvalue weighted by molar-refractivity contribution is 0.373. The molecule has 0 saturated carbocycles. The van der Waals surface area contributed by atoms with Crippen LogP contribution < -0.4 is 11.3 Å². The smallest absolute Gasteiger partial charge is 0.0578 e. The Bertz CT molecular complexity index is 270. The van der Waals surface area contributed by atoms with Crippen molar-refractivity contribution in [1.82, 2.24) is 5.43 Å². The zero-order valence-electron chi connectivity index (χ0n) is 9.21. The molecule has 0 radical (unpaired) electrons. The summed E-state index contributed by atoms with van der Waals surface area (Å²) in [4.78, 5) is 2.70. The van der Waals surface area contributed by atoms with Gasteiger partial charge >= 0.3 is 0 Å². The van der Waals surface area contributed by atoms with Crippen LogP contribution in [0.15, 0.2) is 12.1 Å². The molecule has 3 heteroatoms. The van der Waals surface area contributed by atoms with Crippen molar-refractivity contribution < 1.29 is 0 Å². The fourth-order valence-corrected chi connectivity index (χ4v) is 2.84. The topological polar surface area (TPSA) is 38.0 Å². The fourth-order valence-electron chi connectivity index (χ4n) is 1.77. The molecule has 0 aliphatic carbocycles. The molecule has 0 fully saturated rings. The van der Waals surface area contributed by atoms with E-state index >= 15 is 0 Å². The van der Waals surface area contributed by atoms with Gasteiger partial charge in [-0.1, -0.05) is 20.3 Å². The molecule has 0 amide bonds. The number of aryl methyl sites for hydroxylation is 1. The highest BCUT2D eigenvalue weighted by atomic mass is 32.1. The van der Waals surface area contributed by atoms with Crippen LogP contribution in [-0.4, -0.2) is 0 Å². The van der Waals surface area contributed by atoms with Gasteiger partial charge < -0.3 is 0 Å². The van der Waals surface area contributed by atoms with Gasteiger partial charge in [0.15, 0.2) is 0 Å². The number of thiophene rings is 1. The minimum absolute atomic E-state index is 0.314. The van der Waals surface area contributed by atoms with Crippen LogP contribution in [0.2, 0.25) is 0 Å². The molecule has 2 nitrogen and oxygen atoms in total. The second-order valence-corrected chi connectivity index (χ2v) is 5.18. The predicted octanol–water partition coefficient (Wildman–Crippen LogP) is 3.00. The van der Waals surface area contributed by atoms with E-state index in [9.17, 15) is 0 Å². The van der Waals surface area contributed by atoms with E-state index in [0.29, 0.717) is 12.0 Å². The predicted molar refractivity (Wildman–Crippen MR) is 63.2 cm³/mol. The molecule has 80 valence electrons. The van der Waals surface area contributed by atoms with Gasteiger partial charge in [0.1, 0.15) is 0 Å². The molecule has 1 aromatic rings. The van der Waals surface area contributed by atoms with Crippen molar-refractivity contribution in [2.24, 2.45) is 11.8 Å². The van der Waals surface area contributed by atoms with Gasteiger partial charge in [-0.2, -0.15) is 0 Å². The first-order valence-corrected chi connectivity index (χ1v) is 6.03. The normalized spacial score (nSPS) is 15.4. The molecule has 0 bridgehead atoms. The number of rotatable bonds is 5. The summed E-state index contributed by atoms with van der Waals surface area (Å²) in [5.41, 5.74) is 2.93. The van der Waals surface area contributed by atoms with Crippen LogP contribution in [0.1, 0.15) is 42.5 Å². The van der Waals surface area contributed by atoms with Gasteiger partial charge in [0.2, 0.25) is 0 Å². The lowest BCUT2D eigenvalue weighted by atomic mass is 9.96. The minimum Gasteiger partial charge on any atom is -0.271 e. The summed E-state index contributed by atoms with van der Waals surface area (Å²) in [6.45, 7) is 6.60. The summed E-state index contributed by atoms with van der Waals surface area (Å²) in [7, 11) is 0. The van der Waals surface area contributed by atoms with Gasteiger partial charge in [-0.3, -0.25) is 11.3 Å². The number of hydrazine groups is 1. The molecule has 14 heavy (non-hydrogen) atoms. The van der Waals surface area contributed by atoms with E-state index in [4.69, 9.17) is 5.84 Å². The molecule has 0 spiro atoms. The maximum absolute atomic E-state index is 5.60. The Balaban J connectivity index is 2.71. The Kier molecular flexibility index (Phi) is 4.58. The SMILES string of the molecule is CCCC(C)C(NN)c1ccc(C)s1. The second kappa shape index (κ2) is 5.49. The van der Waals surface area contributed by atoms with Crippen molar-refractivity contribution >= 4 is 11.3 Å². The van der Waals surface area contributed by atoms with E-state index in [0.717, 1.165) is 0 Å². The number of nitrogens with two attached hydrogens (primary N) is 1. The number of hydrogen-bond acceptors (Lipinski definition) is 3. The van der Waals surface area contributed by atoms with E-state index in [-0.39, 0.29) is 0 Å². The van der Waals surface area contributed by atoms with E-state index in [1.807, 2.05) is 11.3 Å². The summed E-state index contributed by atoms with van der Waals surface area (Å²) in [6, 6.07) is 4.65. The van der Waals surface area contributed by atoms with Crippen LogP contribution in [0.25, 0.3) is 0 Å². The largest absolute Gasteiger partial charge is 0.271 e. The van der Waals surface area contributed by atoms with Crippen molar-refractivity contribution in [1.29, 1.82) is 0 Å². The first kappa shape index (κ1) is 11.7. The average molecular weight is 212 g/mol. The third-order valence-corrected chi connectivity index (χ3v) is 3.64. The lowest BCUT2D eigenvalue weighted by Gasteiger charge is -2.21. The Labute approximate surface area is 90.5 Å². The van der Waals surface area contributed by atoms with Gasteiger partial charge in [-0.25, -0.2) is 0 Å². The standard InChI is InChI=1S/C11H20N2S/c1-4-5-8(2)11(13-12)10-7-6-9(3)14-10/h6-8,11,13H,4-5,12H2,1-3H3. The van der Waals surface area contributed by atoms with Crippen molar-refractivity contribution in [3.63, 3.8) is 0 Å². The summed E-state index contributed by atoms with van der Waals surface area (Å²) < 4.78 is 0. The molecule has 1 heterocycles. The highest BCUT2D eigenvalue weighted by molar-refractivity contribution is 7.12. The third kappa shape index (κ3) is 2.80. The van der Waals surface area contributed by atoms with Gasteiger partial charge in [0, 0.05) is 9.75 Å². The third-order valence-electron chi connectivity index (χ3n) is 2.56. The fraction of sp³-hybridized carbons (Fsp3) is 0.636. The van der Waals surface area contributed by atoms with E-state index in [2.05, 4.69) is 38.3 Å². The molecule has 1 aromatic heterocycles. The zero-order chi connectivity index (χ0) is 10.6. The van der Waals surface area contributed by atoms with Gasteiger partial charge in [-0.05, 0) is 31.4 Å².